The number of hydrogen-bond acceptors (Lipinski definition) is 3. The standard InChI is InChI=1S/C20H18F3N3O2/c1-13-12-18(25-26(13)16-6-4-3-5-7-16)19(27)24-14(2)15-8-10-17(11-9-15)28-20(21,22)23/h3-12,14H,1-2H3,(H,24,27). The topological polar surface area (TPSA) is 56.1 Å². The Labute approximate surface area is 159 Å². The van der Waals surface area contributed by atoms with Crippen molar-refractivity contribution in [1.82, 2.24) is 15.1 Å². The Morgan fingerprint density at radius 2 is 1.75 bits per heavy atom. The smallest absolute Gasteiger partial charge is 0.406 e. The number of nitrogens with one attached hydrogen (secondary N) is 1. The SMILES string of the molecule is Cc1cc(C(=O)NC(C)c2ccc(OC(F)(F)F)cc2)nn1-c1ccccc1. The van der Waals surface area contributed by atoms with Crippen LogP contribution in [0.5, 0.6) is 5.75 Å². The molecule has 0 bridgehead atoms. The molecule has 2 aromatic carbocycles. The highest BCUT2D eigenvalue weighted by atomic mass is 19.4. The van der Waals surface area contributed by atoms with Crippen LogP contribution in [-0.2, 0) is 0 Å². The zero-order chi connectivity index (χ0) is 20.3. The number of carbonyl (C=O) groups excluding carboxylic acids is 1. The Kier molecular flexibility index (Phi) is 5.39. The van der Waals surface area contributed by atoms with Crippen molar-refractivity contribution in [3.63, 3.8) is 0 Å². The van der Waals surface area contributed by atoms with E-state index in [9.17, 15) is 18.0 Å². The molecule has 3 aromatic rings. The van der Waals surface area contributed by atoms with E-state index in [2.05, 4.69) is 15.2 Å². The quantitative estimate of drug-likeness (QED) is 0.696. The number of benzene rings is 2. The van der Waals surface area contributed by atoms with Crippen LogP contribution in [0.2, 0.25) is 0 Å². The molecule has 3 rings (SSSR count). The summed E-state index contributed by atoms with van der Waals surface area (Å²) < 4.78 is 42.2. The minimum atomic E-state index is -4.74. The summed E-state index contributed by atoms with van der Waals surface area (Å²) in [6, 6.07) is 16.0. The molecule has 8 heteroatoms. The molecule has 0 saturated heterocycles. The fourth-order valence-corrected chi connectivity index (χ4v) is 2.73. The highest BCUT2D eigenvalue weighted by Crippen LogP contribution is 2.24. The van der Waals surface area contributed by atoms with Crippen molar-refractivity contribution in [1.29, 1.82) is 0 Å². The number of para-hydroxylation sites is 1. The van der Waals surface area contributed by atoms with Gasteiger partial charge in [-0.15, -0.1) is 13.2 Å². The van der Waals surface area contributed by atoms with Crippen LogP contribution < -0.4 is 10.1 Å². The van der Waals surface area contributed by atoms with Gasteiger partial charge in [-0.2, -0.15) is 5.10 Å². The average Bonchev–Trinajstić information content (AvgIpc) is 3.03. The summed E-state index contributed by atoms with van der Waals surface area (Å²) in [4.78, 5) is 12.5. The minimum Gasteiger partial charge on any atom is -0.406 e. The van der Waals surface area contributed by atoms with Crippen molar-refractivity contribution >= 4 is 5.91 Å². The van der Waals surface area contributed by atoms with Crippen molar-refractivity contribution in [3.05, 3.63) is 77.6 Å². The molecule has 0 saturated carbocycles. The van der Waals surface area contributed by atoms with E-state index in [0.717, 1.165) is 11.4 Å². The van der Waals surface area contributed by atoms with E-state index in [1.165, 1.54) is 24.3 Å². The van der Waals surface area contributed by atoms with Gasteiger partial charge in [0.2, 0.25) is 0 Å². The van der Waals surface area contributed by atoms with Crippen LogP contribution in [0.4, 0.5) is 13.2 Å². The molecule has 1 N–H and O–H groups in total. The maximum Gasteiger partial charge on any atom is 0.573 e. The van der Waals surface area contributed by atoms with Gasteiger partial charge in [-0.1, -0.05) is 30.3 Å². The highest BCUT2D eigenvalue weighted by Gasteiger charge is 2.31. The van der Waals surface area contributed by atoms with Gasteiger partial charge in [0.05, 0.1) is 11.7 Å². The maximum atomic E-state index is 12.5. The zero-order valence-electron chi connectivity index (χ0n) is 15.2. The maximum absolute atomic E-state index is 12.5. The fourth-order valence-electron chi connectivity index (χ4n) is 2.73. The number of halogens is 3. The number of alkyl halides is 3. The molecule has 0 spiro atoms. The molecule has 1 heterocycles. The molecule has 5 nitrogen and oxygen atoms in total. The summed E-state index contributed by atoms with van der Waals surface area (Å²) in [5, 5.41) is 7.14. The van der Waals surface area contributed by atoms with Gasteiger partial charge in [0.25, 0.3) is 5.91 Å². The Bertz CT molecular complexity index is 951. The van der Waals surface area contributed by atoms with Gasteiger partial charge in [-0.25, -0.2) is 4.68 Å². The number of carbonyl (C=O) groups is 1. The second kappa shape index (κ2) is 7.75. The van der Waals surface area contributed by atoms with Gasteiger partial charge < -0.3 is 10.1 Å². The number of aromatic nitrogens is 2. The van der Waals surface area contributed by atoms with E-state index in [0.29, 0.717) is 5.56 Å². The van der Waals surface area contributed by atoms with Crippen molar-refractivity contribution in [2.75, 3.05) is 0 Å². The molecule has 28 heavy (non-hydrogen) atoms. The van der Waals surface area contributed by atoms with Gasteiger partial charge in [0.15, 0.2) is 5.69 Å². The first-order valence-electron chi connectivity index (χ1n) is 8.51. The summed E-state index contributed by atoms with van der Waals surface area (Å²) in [7, 11) is 0. The molecular formula is C20H18F3N3O2. The largest absolute Gasteiger partial charge is 0.573 e. The molecule has 0 radical (unpaired) electrons. The number of hydrogen-bond donors (Lipinski definition) is 1. The lowest BCUT2D eigenvalue weighted by Gasteiger charge is -2.14. The normalized spacial score (nSPS) is 12.5. The van der Waals surface area contributed by atoms with E-state index in [-0.39, 0.29) is 17.4 Å². The van der Waals surface area contributed by atoms with Crippen LogP contribution in [0.1, 0.15) is 34.7 Å². The molecule has 0 aliphatic rings. The molecule has 1 unspecified atom stereocenters. The average molecular weight is 389 g/mol. The van der Waals surface area contributed by atoms with Crippen LogP contribution >= 0.6 is 0 Å². The number of nitrogens with zero attached hydrogens (tertiary/aromatic N) is 2. The van der Waals surface area contributed by atoms with Gasteiger partial charge in [0, 0.05) is 5.69 Å². The summed E-state index contributed by atoms with van der Waals surface area (Å²) in [5.74, 6) is -0.687. The number of rotatable bonds is 5. The zero-order valence-corrected chi connectivity index (χ0v) is 15.2. The highest BCUT2D eigenvalue weighted by molar-refractivity contribution is 5.92. The Morgan fingerprint density at radius 3 is 2.36 bits per heavy atom. The summed E-state index contributed by atoms with van der Waals surface area (Å²) >= 11 is 0. The minimum absolute atomic E-state index is 0.255. The Morgan fingerprint density at radius 1 is 1.11 bits per heavy atom. The van der Waals surface area contributed by atoms with Crippen LogP contribution in [0, 0.1) is 6.92 Å². The third-order valence-corrected chi connectivity index (χ3v) is 4.08. The van der Waals surface area contributed by atoms with E-state index in [1.807, 2.05) is 37.3 Å². The Hall–Kier alpha value is -3.29. The van der Waals surface area contributed by atoms with Crippen molar-refractivity contribution in [3.8, 4) is 11.4 Å². The second-order valence-corrected chi connectivity index (χ2v) is 6.23. The van der Waals surface area contributed by atoms with E-state index in [4.69, 9.17) is 0 Å². The first-order valence-corrected chi connectivity index (χ1v) is 8.51. The lowest BCUT2D eigenvalue weighted by Crippen LogP contribution is -2.27. The molecular weight excluding hydrogens is 371 g/mol. The number of ether oxygens (including phenoxy) is 1. The van der Waals surface area contributed by atoms with Gasteiger partial charge in [-0.05, 0) is 49.7 Å². The van der Waals surface area contributed by atoms with Crippen molar-refractivity contribution in [2.45, 2.75) is 26.3 Å². The molecule has 0 aliphatic carbocycles. The third kappa shape index (κ3) is 4.70. The molecule has 1 atom stereocenters. The van der Waals surface area contributed by atoms with E-state index >= 15 is 0 Å². The summed E-state index contributed by atoms with van der Waals surface area (Å²) in [6.45, 7) is 3.58. The van der Waals surface area contributed by atoms with Crippen LogP contribution in [0.3, 0.4) is 0 Å². The number of amides is 1. The Balaban J connectivity index is 1.69. The predicted molar refractivity (Wildman–Crippen MR) is 97.3 cm³/mol. The second-order valence-electron chi connectivity index (χ2n) is 6.23. The molecule has 1 amide bonds. The fraction of sp³-hybridized carbons (Fsp3) is 0.200. The summed E-state index contributed by atoms with van der Waals surface area (Å²) in [6.07, 6.45) is -4.74. The van der Waals surface area contributed by atoms with Gasteiger partial charge in [0.1, 0.15) is 5.75 Å². The molecule has 0 fully saturated rings. The van der Waals surface area contributed by atoms with Crippen LogP contribution in [-0.4, -0.2) is 22.1 Å². The summed E-state index contributed by atoms with van der Waals surface area (Å²) in [5.41, 5.74) is 2.54. The van der Waals surface area contributed by atoms with Crippen LogP contribution in [0.25, 0.3) is 5.69 Å². The first-order chi connectivity index (χ1) is 13.2. The first kappa shape index (κ1) is 19.5. The monoisotopic (exact) mass is 389 g/mol. The van der Waals surface area contributed by atoms with Gasteiger partial charge >= 0.3 is 6.36 Å². The predicted octanol–water partition coefficient (Wildman–Crippen LogP) is 4.57. The van der Waals surface area contributed by atoms with Crippen LogP contribution in [0.15, 0.2) is 60.7 Å². The van der Waals surface area contributed by atoms with Crippen molar-refractivity contribution < 1.29 is 22.7 Å². The van der Waals surface area contributed by atoms with Crippen molar-refractivity contribution in [2.24, 2.45) is 0 Å². The third-order valence-electron chi connectivity index (χ3n) is 4.08. The lowest BCUT2D eigenvalue weighted by molar-refractivity contribution is -0.274. The molecule has 1 aromatic heterocycles. The molecule has 0 aliphatic heterocycles. The lowest BCUT2D eigenvalue weighted by atomic mass is 10.1. The molecule has 146 valence electrons. The van der Waals surface area contributed by atoms with E-state index in [1.54, 1.807) is 17.7 Å². The van der Waals surface area contributed by atoms with Gasteiger partial charge in [-0.3, -0.25) is 4.79 Å². The van der Waals surface area contributed by atoms with E-state index < -0.39 is 12.4 Å². The number of aryl methyl sites for hydroxylation is 1.